The Kier molecular flexibility index (Phi) is 4.67. The number of benzene rings is 1. The van der Waals surface area contributed by atoms with Gasteiger partial charge in [0, 0.05) is 6.04 Å². The fourth-order valence-electron chi connectivity index (χ4n) is 1.60. The van der Waals surface area contributed by atoms with Crippen LogP contribution in [-0.4, -0.2) is 22.5 Å². The van der Waals surface area contributed by atoms with Gasteiger partial charge >= 0.3 is 5.97 Å². The highest BCUT2D eigenvalue weighted by molar-refractivity contribution is 5.87. The van der Waals surface area contributed by atoms with Gasteiger partial charge in [-0.3, -0.25) is 4.79 Å². The third-order valence-corrected chi connectivity index (χ3v) is 3.11. The van der Waals surface area contributed by atoms with Crippen LogP contribution in [0.4, 0.5) is 0 Å². The number of nitrogens with two attached hydrogens (primary N) is 1. The average molecular weight is 264 g/mol. The van der Waals surface area contributed by atoms with Gasteiger partial charge in [-0.15, -0.1) is 0 Å². The number of rotatable bonds is 5. The molecule has 0 aromatic heterocycles. The molecule has 0 spiro atoms. The van der Waals surface area contributed by atoms with Crippen molar-refractivity contribution >= 4 is 11.9 Å². The molecule has 0 fully saturated rings. The van der Waals surface area contributed by atoms with Crippen LogP contribution in [0.5, 0.6) is 0 Å². The summed E-state index contributed by atoms with van der Waals surface area (Å²) in [5.74, 6) is -1.97. The zero-order valence-electron chi connectivity index (χ0n) is 11.4. The van der Waals surface area contributed by atoms with Gasteiger partial charge in [0.05, 0.1) is 5.92 Å². The second-order valence-electron chi connectivity index (χ2n) is 5.14. The molecular formula is C14H20N2O3. The minimum atomic E-state index is -1.30. The van der Waals surface area contributed by atoms with E-state index < -0.39 is 23.5 Å². The summed E-state index contributed by atoms with van der Waals surface area (Å²) in [6.07, 6.45) is 0. The Morgan fingerprint density at radius 3 is 2.26 bits per heavy atom. The van der Waals surface area contributed by atoms with Crippen LogP contribution in [0.2, 0.25) is 0 Å². The summed E-state index contributed by atoms with van der Waals surface area (Å²) < 4.78 is 0. The number of carboxylic acids is 1. The Balaban J connectivity index is 2.75. The van der Waals surface area contributed by atoms with E-state index in [-0.39, 0.29) is 5.91 Å². The summed E-state index contributed by atoms with van der Waals surface area (Å²) in [6.45, 7) is 4.56. The van der Waals surface area contributed by atoms with Crippen molar-refractivity contribution < 1.29 is 14.7 Å². The molecule has 1 aromatic carbocycles. The molecule has 0 bridgehead atoms. The number of carbonyl (C=O) groups excluding carboxylic acids is 1. The van der Waals surface area contributed by atoms with Crippen molar-refractivity contribution in [3.63, 3.8) is 0 Å². The minimum Gasteiger partial charge on any atom is -0.480 e. The zero-order chi connectivity index (χ0) is 14.6. The smallest absolute Gasteiger partial charge is 0.328 e. The van der Waals surface area contributed by atoms with Crippen LogP contribution in [0.3, 0.4) is 0 Å². The van der Waals surface area contributed by atoms with Crippen molar-refractivity contribution in [2.75, 3.05) is 0 Å². The largest absolute Gasteiger partial charge is 0.480 e. The first kappa shape index (κ1) is 15.2. The van der Waals surface area contributed by atoms with Gasteiger partial charge in [-0.2, -0.15) is 0 Å². The molecule has 1 amide bonds. The summed E-state index contributed by atoms with van der Waals surface area (Å²) in [6, 6.07) is 8.79. The summed E-state index contributed by atoms with van der Waals surface area (Å²) >= 11 is 0. The molecule has 0 aliphatic heterocycles. The number of amides is 1. The highest BCUT2D eigenvalue weighted by Gasteiger charge is 2.32. The molecule has 0 aliphatic rings. The molecule has 1 aromatic rings. The standard InChI is InChI=1S/C14H20N2O3/c1-9(11(15)10-7-5-4-6-8-10)12(17)16-14(2,3)13(18)19/h4-9,11H,15H2,1-3H3,(H,16,17)(H,18,19). The molecule has 0 radical (unpaired) electrons. The molecule has 5 heteroatoms. The van der Waals surface area contributed by atoms with Crippen LogP contribution < -0.4 is 11.1 Å². The van der Waals surface area contributed by atoms with Crippen molar-refractivity contribution in [3.05, 3.63) is 35.9 Å². The van der Waals surface area contributed by atoms with Gasteiger partial charge in [-0.25, -0.2) is 4.79 Å². The fraction of sp³-hybridized carbons (Fsp3) is 0.429. The molecule has 5 nitrogen and oxygen atoms in total. The Hall–Kier alpha value is -1.88. The first-order chi connectivity index (χ1) is 8.75. The van der Waals surface area contributed by atoms with Crippen molar-refractivity contribution in [1.29, 1.82) is 0 Å². The lowest BCUT2D eigenvalue weighted by Crippen LogP contribution is -2.52. The quantitative estimate of drug-likeness (QED) is 0.747. The second-order valence-corrected chi connectivity index (χ2v) is 5.14. The first-order valence-corrected chi connectivity index (χ1v) is 6.11. The highest BCUT2D eigenvalue weighted by atomic mass is 16.4. The Bertz CT molecular complexity index is 457. The molecule has 1 rings (SSSR count). The molecule has 104 valence electrons. The van der Waals surface area contributed by atoms with Crippen LogP contribution in [0.1, 0.15) is 32.4 Å². The fourth-order valence-corrected chi connectivity index (χ4v) is 1.60. The van der Waals surface area contributed by atoms with E-state index in [1.807, 2.05) is 30.3 Å². The van der Waals surface area contributed by atoms with Gasteiger partial charge in [0.2, 0.25) is 5.91 Å². The maximum atomic E-state index is 12.0. The maximum absolute atomic E-state index is 12.0. The van der Waals surface area contributed by atoms with E-state index in [9.17, 15) is 9.59 Å². The average Bonchev–Trinajstić information content (AvgIpc) is 2.37. The van der Waals surface area contributed by atoms with Crippen molar-refractivity contribution in [2.45, 2.75) is 32.4 Å². The number of hydrogen-bond donors (Lipinski definition) is 3. The Morgan fingerprint density at radius 2 is 1.79 bits per heavy atom. The molecule has 0 saturated heterocycles. The summed E-state index contributed by atoms with van der Waals surface area (Å²) in [4.78, 5) is 23.0. The first-order valence-electron chi connectivity index (χ1n) is 6.11. The molecule has 0 heterocycles. The van der Waals surface area contributed by atoms with Crippen molar-refractivity contribution in [3.8, 4) is 0 Å². The molecule has 0 aliphatic carbocycles. The Morgan fingerprint density at radius 1 is 1.26 bits per heavy atom. The van der Waals surface area contributed by atoms with Crippen LogP contribution in [0.15, 0.2) is 30.3 Å². The predicted molar refractivity (Wildman–Crippen MR) is 72.4 cm³/mol. The lowest BCUT2D eigenvalue weighted by Gasteiger charge is -2.26. The topological polar surface area (TPSA) is 92.4 Å². The van der Waals surface area contributed by atoms with E-state index >= 15 is 0 Å². The van der Waals surface area contributed by atoms with Gasteiger partial charge < -0.3 is 16.2 Å². The summed E-state index contributed by atoms with van der Waals surface area (Å²) in [5.41, 5.74) is 5.57. The maximum Gasteiger partial charge on any atom is 0.328 e. The third-order valence-electron chi connectivity index (χ3n) is 3.11. The van der Waals surface area contributed by atoms with Crippen molar-refractivity contribution in [1.82, 2.24) is 5.32 Å². The van der Waals surface area contributed by atoms with Crippen LogP contribution in [-0.2, 0) is 9.59 Å². The molecule has 4 N–H and O–H groups in total. The molecule has 2 atom stereocenters. The normalized spacial score (nSPS) is 14.5. The number of hydrogen-bond acceptors (Lipinski definition) is 3. The van der Waals surface area contributed by atoms with Gasteiger partial charge in [0.1, 0.15) is 5.54 Å². The zero-order valence-corrected chi connectivity index (χ0v) is 11.4. The monoisotopic (exact) mass is 264 g/mol. The molecule has 0 saturated carbocycles. The number of carbonyl (C=O) groups is 2. The van der Waals surface area contributed by atoms with E-state index in [4.69, 9.17) is 10.8 Å². The molecular weight excluding hydrogens is 244 g/mol. The lowest BCUT2D eigenvalue weighted by molar-refractivity contribution is -0.146. The molecule has 19 heavy (non-hydrogen) atoms. The van der Waals surface area contributed by atoms with E-state index in [1.54, 1.807) is 6.92 Å². The highest BCUT2D eigenvalue weighted by Crippen LogP contribution is 2.20. The van der Waals surface area contributed by atoms with E-state index in [0.717, 1.165) is 5.56 Å². The minimum absolute atomic E-state index is 0.372. The van der Waals surface area contributed by atoms with E-state index in [1.165, 1.54) is 13.8 Å². The van der Waals surface area contributed by atoms with Gasteiger partial charge in [0.25, 0.3) is 0 Å². The van der Waals surface area contributed by atoms with Gasteiger partial charge in [0.15, 0.2) is 0 Å². The van der Waals surface area contributed by atoms with Gasteiger partial charge in [-0.05, 0) is 19.4 Å². The number of aliphatic carboxylic acids is 1. The van der Waals surface area contributed by atoms with Crippen LogP contribution >= 0.6 is 0 Å². The third kappa shape index (κ3) is 3.79. The SMILES string of the molecule is CC(C(=O)NC(C)(C)C(=O)O)C(N)c1ccccc1. The van der Waals surface area contributed by atoms with Gasteiger partial charge in [-0.1, -0.05) is 37.3 Å². The van der Waals surface area contributed by atoms with Crippen LogP contribution in [0.25, 0.3) is 0 Å². The number of carboxylic acid groups (broad SMARTS) is 1. The van der Waals surface area contributed by atoms with E-state index in [0.29, 0.717) is 0 Å². The summed E-state index contributed by atoms with van der Waals surface area (Å²) in [7, 11) is 0. The van der Waals surface area contributed by atoms with Crippen LogP contribution in [0, 0.1) is 5.92 Å². The summed E-state index contributed by atoms with van der Waals surface area (Å²) in [5, 5.41) is 11.5. The molecule has 2 unspecified atom stereocenters. The Labute approximate surface area is 112 Å². The second kappa shape index (κ2) is 5.84. The lowest BCUT2D eigenvalue weighted by atomic mass is 9.93. The van der Waals surface area contributed by atoms with E-state index in [2.05, 4.69) is 5.32 Å². The predicted octanol–water partition coefficient (Wildman–Crippen LogP) is 1.30. The van der Waals surface area contributed by atoms with Crippen molar-refractivity contribution in [2.24, 2.45) is 11.7 Å². The number of nitrogens with one attached hydrogen (secondary N) is 1.